The molecule has 0 aromatic carbocycles. The van der Waals surface area contributed by atoms with Crippen LogP contribution in [-0.2, 0) is 4.79 Å². The number of carboxylic acids is 1. The van der Waals surface area contributed by atoms with E-state index < -0.39 is 12.0 Å². The number of nitrogens with one attached hydrogen (secondary N) is 2. The maximum Gasteiger partial charge on any atom is 0.322 e. The third-order valence-corrected chi connectivity index (χ3v) is 4.62. The zero-order chi connectivity index (χ0) is 15.6. The molecule has 0 fully saturated rings. The highest BCUT2D eigenvalue weighted by atomic mass is 32.1. The first kappa shape index (κ1) is 15.4. The molecule has 21 heavy (non-hydrogen) atoms. The second-order valence-electron chi connectivity index (χ2n) is 4.78. The molecule has 3 N–H and O–H groups in total. The van der Waals surface area contributed by atoms with Gasteiger partial charge in [0.15, 0.2) is 0 Å². The van der Waals surface area contributed by atoms with E-state index >= 15 is 0 Å². The summed E-state index contributed by atoms with van der Waals surface area (Å²) in [6.07, 6.45) is 1.79. The third kappa shape index (κ3) is 3.20. The molecular weight excluding hydrogens is 290 g/mol. The van der Waals surface area contributed by atoms with E-state index in [-0.39, 0.29) is 12.5 Å². The van der Waals surface area contributed by atoms with Crippen molar-refractivity contribution in [3.05, 3.63) is 28.3 Å². The fourth-order valence-corrected chi connectivity index (χ4v) is 2.98. The minimum atomic E-state index is -0.998. The Labute approximate surface area is 126 Å². The van der Waals surface area contributed by atoms with E-state index in [1.54, 1.807) is 19.3 Å². The number of rotatable bonds is 5. The number of nitrogens with zero attached hydrogens (tertiary/aromatic N) is 1. The van der Waals surface area contributed by atoms with Gasteiger partial charge in [0.2, 0.25) is 0 Å². The van der Waals surface area contributed by atoms with Crippen LogP contribution < -0.4 is 10.6 Å². The molecule has 0 radical (unpaired) electrons. The molecule has 0 bridgehead atoms. The number of aliphatic carboxylic acids is 1. The van der Waals surface area contributed by atoms with Crippen molar-refractivity contribution in [2.24, 2.45) is 0 Å². The van der Waals surface area contributed by atoms with E-state index in [1.807, 2.05) is 13.8 Å². The lowest BCUT2D eigenvalue weighted by Gasteiger charge is -2.11. The molecule has 0 aliphatic heterocycles. The van der Waals surface area contributed by atoms with Crippen LogP contribution in [0.4, 0.5) is 0 Å². The van der Waals surface area contributed by atoms with Gasteiger partial charge in [-0.15, -0.1) is 11.3 Å². The van der Waals surface area contributed by atoms with Gasteiger partial charge >= 0.3 is 5.97 Å². The fraction of sp³-hybridized carbons (Fsp3) is 0.357. The summed E-state index contributed by atoms with van der Waals surface area (Å²) in [6.45, 7) is 4.01. The van der Waals surface area contributed by atoms with Gasteiger partial charge in [-0.3, -0.25) is 14.6 Å². The molecule has 1 atom stereocenters. The molecular formula is C14H17N3O3S. The highest BCUT2D eigenvalue weighted by molar-refractivity contribution is 7.21. The summed E-state index contributed by atoms with van der Waals surface area (Å²) in [5.74, 6) is -1.28. The molecule has 1 amide bonds. The summed E-state index contributed by atoms with van der Waals surface area (Å²) < 4.78 is 0.989. The summed E-state index contributed by atoms with van der Waals surface area (Å²) in [4.78, 5) is 27.8. The Morgan fingerprint density at radius 2 is 2.14 bits per heavy atom. The molecule has 7 heteroatoms. The standard InChI is InChI=1S/C14H17N3O3S/c1-7-5-16-9-4-11(21-12(9)8(7)2)13(18)17-6-10(15-3)14(19)20/h4-5,10,15H,6H2,1-3H3,(H,17,18)(H,19,20). The van der Waals surface area contributed by atoms with Gasteiger partial charge in [0.25, 0.3) is 5.91 Å². The second kappa shape index (κ2) is 6.19. The average Bonchev–Trinajstić information content (AvgIpc) is 2.88. The molecule has 112 valence electrons. The maximum atomic E-state index is 12.1. The van der Waals surface area contributed by atoms with Crippen LogP contribution in [0.1, 0.15) is 20.8 Å². The van der Waals surface area contributed by atoms with Gasteiger partial charge in [0.05, 0.1) is 15.1 Å². The average molecular weight is 307 g/mol. The zero-order valence-corrected chi connectivity index (χ0v) is 12.9. The number of carbonyl (C=O) groups excluding carboxylic acids is 1. The van der Waals surface area contributed by atoms with E-state index in [1.165, 1.54) is 11.3 Å². The number of hydrogen-bond donors (Lipinski definition) is 3. The second-order valence-corrected chi connectivity index (χ2v) is 5.83. The van der Waals surface area contributed by atoms with Crippen LogP contribution in [0.3, 0.4) is 0 Å². The van der Waals surface area contributed by atoms with Crippen LogP contribution in [0.5, 0.6) is 0 Å². The van der Waals surface area contributed by atoms with E-state index in [0.717, 1.165) is 21.3 Å². The summed E-state index contributed by atoms with van der Waals surface area (Å²) in [5.41, 5.74) is 2.98. The molecule has 6 nitrogen and oxygen atoms in total. The Bertz CT molecular complexity index is 696. The molecule has 2 heterocycles. The van der Waals surface area contributed by atoms with Crippen molar-refractivity contribution in [1.82, 2.24) is 15.6 Å². The minimum absolute atomic E-state index is 0.0321. The zero-order valence-electron chi connectivity index (χ0n) is 12.1. The number of thiophene rings is 1. The lowest BCUT2D eigenvalue weighted by atomic mass is 10.2. The van der Waals surface area contributed by atoms with Crippen molar-refractivity contribution in [3.63, 3.8) is 0 Å². The highest BCUT2D eigenvalue weighted by Gasteiger charge is 2.18. The van der Waals surface area contributed by atoms with E-state index in [9.17, 15) is 9.59 Å². The van der Waals surface area contributed by atoms with Crippen LogP contribution >= 0.6 is 11.3 Å². The molecule has 2 aromatic rings. The molecule has 0 aliphatic carbocycles. The number of carbonyl (C=O) groups is 2. The molecule has 0 aliphatic rings. The van der Waals surface area contributed by atoms with Gasteiger partial charge in [-0.1, -0.05) is 0 Å². The summed E-state index contributed by atoms with van der Waals surface area (Å²) in [6, 6.07) is 0.933. The van der Waals surface area contributed by atoms with Gasteiger partial charge in [-0.05, 0) is 38.1 Å². The number of likely N-dealkylation sites (N-methyl/N-ethyl adjacent to an activating group) is 1. The smallest absolute Gasteiger partial charge is 0.322 e. The lowest BCUT2D eigenvalue weighted by Crippen LogP contribution is -2.44. The Balaban J connectivity index is 2.17. The van der Waals surface area contributed by atoms with Gasteiger partial charge < -0.3 is 15.7 Å². The molecule has 0 saturated heterocycles. The lowest BCUT2D eigenvalue weighted by molar-refractivity contribution is -0.139. The fourth-order valence-electron chi connectivity index (χ4n) is 1.89. The number of fused-ring (bicyclic) bond motifs is 1. The largest absolute Gasteiger partial charge is 0.480 e. The van der Waals surface area contributed by atoms with Crippen molar-refractivity contribution < 1.29 is 14.7 Å². The van der Waals surface area contributed by atoms with Crippen molar-refractivity contribution in [2.45, 2.75) is 19.9 Å². The molecule has 0 spiro atoms. The number of aryl methyl sites for hydroxylation is 2. The first-order valence-corrected chi connectivity index (χ1v) is 7.29. The normalized spacial score (nSPS) is 12.3. The van der Waals surface area contributed by atoms with Crippen molar-refractivity contribution >= 4 is 33.4 Å². The Kier molecular flexibility index (Phi) is 4.54. The SMILES string of the molecule is CNC(CNC(=O)c1cc2ncc(C)c(C)c2s1)C(=O)O. The summed E-state index contributed by atoms with van der Waals surface area (Å²) in [5, 5.41) is 14.2. The van der Waals surface area contributed by atoms with Crippen molar-refractivity contribution in [1.29, 1.82) is 0 Å². The van der Waals surface area contributed by atoms with Gasteiger partial charge in [-0.2, -0.15) is 0 Å². The van der Waals surface area contributed by atoms with Gasteiger partial charge in [-0.25, -0.2) is 0 Å². The molecule has 2 aromatic heterocycles. The Morgan fingerprint density at radius 3 is 2.76 bits per heavy atom. The predicted molar refractivity (Wildman–Crippen MR) is 81.9 cm³/mol. The van der Waals surface area contributed by atoms with Gasteiger partial charge in [0.1, 0.15) is 6.04 Å². The number of carboxylic acid groups (broad SMARTS) is 1. The number of amides is 1. The third-order valence-electron chi connectivity index (χ3n) is 3.38. The maximum absolute atomic E-state index is 12.1. The van der Waals surface area contributed by atoms with E-state index in [0.29, 0.717) is 4.88 Å². The summed E-state index contributed by atoms with van der Waals surface area (Å²) >= 11 is 1.37. The van der Waals surface area contributed by atoms with Crippen LogP contribution in [-0.4, -0.2) is 41.6 Å². The van der Waals surface area contributed by atoms with Crippen molar-refractivity contribution in [3.8, 4) is 0 Å². The minimum Gasteiger partial charge on any atom is -0.480 e. The first-order valence-electron chi connectivity index (χ1n) is 6.48. The van der Waals surface area contributed by atoms with Gasteiger partial charge in [0, 0.05) is 12.7 Å². The van der Waals surface area contributed by atoms with Crippen LogP contribution in [0.25, 0.3) is 10.2 Å². The highest BCUT2D eigenvalue weighted by Crippen LogP contribution is 2.28. The quantitative estimate of drug-likeness (QED) is 0.775. The van der Waals surface area contributed by atoms with Crippen LogP contribution in [0.2, 0.25) is 0 Å². The summed E-state index contributed by atoms with van der Waals surface area (Å²) in [7, 11) is 1.54. The molecule has 2 rings (SSSR count). The van der Waals surface area contributed by atoms with E-state index in [2.05, 4.69) is 15.6 Å². The topological polar surface area (TPSA) is 91.3 Å². The number of pyridine rings is 1. The monoisotopic (exact) mass is 307 g/mol. The van der Waals surface area contributed by atoms with E-state index in [4.69, 9.17) is 5.11 Å². The molecule has 0 saturated carbocycles. The van der Waals surface area contributed by atoms with Crippen LogP contribution in [0, 0.1) is 13.8 Å². The number of hydrogen-bond acceptors (Lipinski definition) is 5. The first-order chi connectivity index (χ1) is 9.93. The Hall–Kier alpha value is -1.99. The van der Waals surface area contributed by atoms with Crippen LogP contribution in [0.15, 0.2) is 12.3 Å². The molecule has 1 unspecified atom stereocenters. The number of aromatic nitrogens is 1. The predicted octanol–water partition coefficient (Wildman–Crippen LogP) is 1.32. The van der Waals surface area contributed by atoms with Crippen molar-refractivity contribution in [2.75, 3.05) is 13.6 Å². The Morgan fingerprint density at radius 1 is 1.43 bits per heavy atom.